The van der Waals surface area contributed by atoms with E-state index in [0.29, 0.717) is 18.7 Å². The molecule has 1 atom stereocenters. The summed E-state index contributed by atoms with van der Waals surface area (Å²) in [6.07, 6.45) is 5.97. The minimum absolute atomic E-state index is 0.0817. The molecule has 0 heterocycles. The molecule has 0 aliphatic heterocycles. The molecule has 1 unspecified atom stereocenters. The van der Waals surface area contributed by atoms with Crippen LogP contribution in [0.5, 0.6) is 5.75 Å². The molecule has 34 heavy (non-hydrogen) atoms. The Morgan fingerprint density at radius 3 is 2.15 bits per heavy atom. The number of carbonyl (C=O) groups excluding carboxylic acids is 3. The number of carbonyl (C=O) groups is 3. The van der Waals surface area contributed by atoms with Crippen LogP contribution in [0.3, 0.4) is 0 Å². The lowest BCUT2D eigenvalue weighted by Crippen LogP contribution is -2.48. The number of rotatable bonds is 14. The van der Waals surface area contributed by atoms with E-state index in [-0.39, 0.29) is 24.1 Å². The summed E-state index contributed by atoms with van der Waals surface area (Å²) in [5.74, 6) is -0.565. The van der Waals surface area contributed by atoms with Crippen LogP contribution in [0.2, 0.25) is 0 Å². The van der Waals surface area contributed by atoms with Crippen LogP contribution in [0, 0.1) is 0 Å². The molecule has 192 valence electrons. The van der Waals surface area contributed by atoms with Gasteiger partial charge < -0.3 is 25.4 Å². The highest BCUT2D eigenvalue weighted by molar-refractivity contribution is 5.90. The molecule has 0 saturated heterocycles. The lowest BCUT2D eigenvalue weighted by atomic mass is 10.0. The van der Waals surface area contributed by atoms with Gasteiger partial charge in [-0.15, -0.1) is 0 Å². The number of phenols is 1. The lowest BCUT2D eigenvalue weighted by molar-refractivity contribution is -0.140. The Morgan fingerprint density at radius 2 is 1.56 bits per heavy atom. The average molecular weight is 478 g/mol. The monoisotopic (exact) mass is 477 g/mol. The van der Waals surface area contributed by atoms with Crippen LogP contribution in [0.15, 0.2) is 24.3 Å². The van der Waals surface area contributed by atoms with Crippen LogP contribution >= 0.6 is 0 Å². The number of ether oxygens (including phenoxy) is 1. The third-order valence-corrected chi connectivity index (χ3v) is 5.20. The molecule has 0 aromatic heterocycles. The number of nitrogens with zero attached hydrogens (tertiary/aromatic N) is 1. The number of benzene rings is 1. The number of phenolic OH excluding ortho intramolecular Hbond substituents is 1. The van der Waals surface area contributed by atoms with Crippen molar-refractivity contribution in [1.82, 2.24) is 15.5 Å². The van der Waals surface area contributed by atoms with Crippen molar-refractivity contribution < 1.29 is 24.2 Å². The highest BCUT2D eigenvalue weighted by atomic mass is 16.6. The zero-order chi connectivity index (χ0) is 25.6. The molecule has 0 fully saturated rings. The van der Waals surface area contributed by atoms with Crippen LogP contribution in [-0.2, 0) is 14.3 Å². The van der Waals surface area contributed by atoms with E-state index in [0.717, 1.165) is 44.9 Å². The molecule has 1 aromatic carbocycles. The summed E-state index contributed by atoms with van der Waals surface area (Å²) in [4.78, 5) is 40.1. The molecule has 0 spiro atoms. The summed E-state index contributed by atoms with van der Waals surface area (Å²) in [7, 11) is 0. The first kappa shape index (κ1) is 29.3. The Balaban J connectivity index is 3.10. The number of hydrogen-bond acceptors (Lipinski definition) is 5. The summed E-state index contributed by atoms with van der Waals surface area (Å²) >= 11 is 0. The van der Waals surface area contributed by atoms with Gasteiger partial charge in [-0.3, -0.25) is 9.59 Å². The SMILES string of the molecule is CCCCCCN(C(=O)CNC(=O)OC(C)(C)C)C(C(=O)NCCCCC)c1ccc(O)cc1. The second-order valence-corrected chi connectivity index (χ2v) is 9.50. The molecule has 3 N–H and O–H groups in total. The molecule has 8 nitrogen and oxygen atoms in total. The summed E-state index contributed by atoms with van der Waals surface area (Å²) in [6, 6.07) is 5.45. The lowest BCUT2D eigenvalue weighted by Gasteiger charge is -2.32. The van der Waals surface area contributed by atoms with Gasteiger partial charge in [-0.2, -0.15) is 0 Å². The van der Waals surface area contributed by atoms with E-state index < -0.39 is 17.7 Å². The van der Waals surface area contributed by atoms with E-state index in [9.17, 15) is 19.5 Å². The Morgan fingerprint density at radius 1 is 0.941 bits per heavy atom. The molecule has 1 aromatic rings. The first-order valence-electron chi connectivity index (χ1n) is 12.4. The van der Waals surface area contributed by atoms with Crippen LogP contribution < -0.4 is 10.6 Å². The zero-order valence-electron chi connectivity index (χ0n) is 21.5. The van der Waals surface area contributed by atoms with Crippen molar-refractivity contribution in [3.8, 4) is 5.75 Å². The molecule has 1 rings (SSSR count). The molecule has 0 saturated carbocycles. The van der Waals surface area contributed by atoms with Crippen molar-refractivity contribution in [3.05, 3.63) is 29.8 Å². The van der Waals surface area contributed by atoms with Gasteiger partial charge in [-0.1, -0.05) is 58.1 Å². The number of alkyl carbamates (subject to hydrolysis) is 1. The van der Waals surface area contributed by atoms with Crippen LogP contribution in [0.4, 0.5) is 4.79 Å². The van der Waals surface area contributed by atoms with Gasteiger partial charge in [-0.25, -0.2) is 4.79 Å². The van der Waals surface area contributed by atoms with Crippen molar-refractivity contribution in [1.29, 1.82) is 0 Å². The summed E-state index contributed by atoms with van der Waals surface area (Å²) in [5.41, 5.74) is -0.0770. The maximum atomic E-state index is 13.3. The van der Waals surface area contributed by atoms with Crippen molar-refractivity contribution >= 4 is 17.9 Å². The smallest absolute Gasteiger partial charge is 0.408 e. The summed E-state index contributed by atoms with van der Waals surface area (Å²) in [5, 5.41) is 15.2. The van der Waals surface area contributed by atoms with Crippen molar-refractivity contribution in [2.24, 2.45) is 0 Å². The maximum Gasteiger partial charge on any atom is 0.408 e. The molecule has 0 radical (unpaired) electrons. The highest BCUT2D eigenvalue weighted by Gasteiger charge is 2.31. The highest BCUT2D eigenvalue weighted by Crippen LogP contribution is 2.24. The van der Waals surface area contributed by atoms with Crippen LogP contribution in [0.1, 0.15) is 91.2 Å². The fourth-order valence-corrected chi connectivity index (χ4v) is 3.48. The van der Waals surface area contributed by atoms with E-state index in [2.05, 4.69) is 24.5 Å². The van der Waals surface area contributed by atoms with Gasteiger partial charge in [0.15, 0.2) is 0 Å². The molecular weight excluding hydrogens is 434 g/mol. The Bertz CT molecular complexity index is 759. The van der Waals surface area contributed by atoms with Gasteiger partial charge in [0, 0.05) is 13.1 Å². The number of aromatic hydroxyl groups is 1. The van der Waals surface area contributed by atoms with Crippen molar-refractivity contribution in [2.75, 3.05) is 19.6 Å². The minimum atomic E-state index is -0.864. The number of unbranched alkanes of at least 4 members (excludes halogenated alkanes) is 5. The Hall–Kier alpha value is -2.77. The maximum absolute atomic E-state index is 13.3. The second kappa shape index (κ2) is 15.2. The molecule has 3 amide bonds. The second-order valence-electron chi connectivity index (χ2n) is 9.50. The first-order valence-corrected chi connectivity index (χ1v) is 12.4. The molecule has 0 aliphatic rings. The summed E-state index contributed by atoms with van der Waals surface area (Å²) < 4.78 is 5.23. The van der Waals surface area contributed by atoms with Crippen molar-refractivity contribution in [2.45, 2.75) is 91.2 Å². The van der Waals surface area contributed by atoms with E-state index in [1.807, 2.05) is 0 Å². The van der Waals surface area contributed by atoms with Gasteiger partial charge in [0.1, 0.15) is 23.9 Å². The quantitative estimate of drug-likeness (QED) is 0.337. The third-order valence-electron chi connectivity index (χ3n) is 5.20. The molecule has 0 bridgehead atoms. The minimum Gasteiger partial charge on any atom is -0.508 e. The molecular formula is C26H43N3O5. The average Bonchev–Trinajstić information content (AvgIpc) is 2.77. The fourth-order valence-electron chi connectivity index (χ4n) is 3.48. The van der Waals surface area contributed by atoms with E-state index >= 15 is 0 Å². The molecule has 0 aliphatic carbocycles. The van der Waals surface area contributed by atoms with Crippen LogP contribution in [-0.4, -0.2) is 53.1 Å². The van der Waals surface area contributed by atoms with E-state index in [1.54, 1.807) is 32.9 Å². The van der Waals surface area contributed by atoms with Gasteiger partial charge in [0.2, 0.25) is 11.8 Å². The van der Waals surface area contributed by atoms with Crippen LogP contribution in [0.25, 0.3) is 0 Å². The third kappa shape index (κ3) is 11.4. The number of amides is 3. The predicted molar refractivity (Wildman–Crippen MR) is 133 cm³/mol. The number of nitrogens with one attached hydrogen (secondary N) is 2. The number of hydrogen-bond donors (Lipinski definition) is 3. The molecule has 8 heteroatoms. The fraction of sp³-hybridized carbons (Fsp3) is 0.654. The zero-order valence-corrected chi connectivity index (χ0v) is 21.5. The van der Waals surface area contributed by atoms with E-state index in [1.165, 1.54) is 17.0 Å². The normalized spacial score (nSPS) is 12.0. The van der Waals surface area contributed by atoms with E-state index in [4.69, 9.17) is 4.74 Å². The topological polar surface area (TPSA) is 108 Å². The first-order chi connectivity index (χ1) is 16.1. The van der Waals surface area contributed by atoms with Gasteiger partial charge in [-0.05, 0) is 51.3 Å². The largest absolute Gasteiger partial charge is 0.508 e. The Labute approximate surface area is 204 Å². The van der Waals surface area contributed by atoms with Gasteiger partial charge in [0.05, 0.1) is 0 Å². The Kier molecular flexibility index (Phi) is 13.1. The predicted octanol–water partition coefficient (Wildman–Crippen LogP) is 4.67. The van der Waals surface area contributed by atoms with Crippen molar-refractivity contribution in [3.63, 3.8) is 0 Å². The van der Waals surface area contributed by atoms with Gasteiger partial charge >= 0.3 is 6.09 Å². The summed E-state index contributed by atoms with van der Waals surface area (Å²) in [6.45, 7) is 10.1. The standard InChI is InChI=1S/C26H43N3O5/c1-6-8-10-12-18-29(22(31)19-28-25(33)34-26(3,4)5)23(20-13-15-21(30)16-14-20)24(32)27-17-11-9-7-2/h13-16,23,30H,6-12,17-19H2,1-5H3,(H,27,32)(H,28,33). The van der Waals surface area contributed by atoms with Gasteiger partial charge in [0.25, 0.3) is 0 Å².